The summed E-state index contributed by atoms with van der Waals surface area (Å²) < 4.78 is 36.7. The molecule has 0 bridgehead atoms. The van der Waals surface area contributed by atoms with Crippen molar-refractivity contribution in [1.82, 2.24) is 0 Å². The summed E-state index contributed by atoms with van der Waals surface area (Å²) in [5, 5.41) is 0. The zero-order valence-electron chi connectivity index (χ0n) is 9.13. The zero-order valence-corrected chi connectivity index (χ0v) is 9.13. The van der Waals surface area contributed by atoms with Crippen molar-refractivity contribution in [2.45, 2.75) is 13.3 Å². The maximum Gasteiger partial charge on any atom is 0.204 e. The maximum atomic E-state index is 13.4. The van der Waals surface area contributed by atoms with Gasteiger partial charge < -0.3 is 9.47 Å². The molecule has 1 rings (SSSR count). The molecule has 0 aliphatic heterocycles. The van der Waals surface area contributed by atoms with Crippen molar-refractivity contribution in [1.29, 1.82) is 0 Å². The highest BCUT2D eigenvalue weighted by atomic mass is 19.2. The molecule has 88 valence electrons. The molecule has 0 unspecified atom stereocenters. The minimum absolute atomic E-state index is 0.101. The Labute approximate surface area is 93.5 Å². The van der Waals surface area contributed by atoms with Crippen LogP contribution in [0.5, 0.6) is 11.5 Å². The van der Waals surface area contributed by atoms with Gasteiger partial charge in [0.25, 0.3) is 0 Å². The fraction of sp³-hybridized carbons (Fsp3) is 0.333. The van der Waals surface area contributed by atoms with Gasteiger partial charge >= 0.3 is 0 Å². The SMILES string of the molecule is C=CCCOc1ccc(OCC)c(F)c1F. The number of ether oxygens (including phenoxy) is 2. The van der Waals surface area contributed by atoms with Crippen molar-refractivity contribution in [3.63, 3.8) is 0 Å². The lowest BCUT2D eigenvalue weighted by atomic mass is 10.3. The Morgan fingerprint density at radius 2 is 1.75 bits per heavy atom. The number of rotatable bonds is 6. The van der Waals surface area contributed by atoms with Gasteiger partial charge in [-0.05, 0) is 25.5 Å². The van der Waals surface area contributed by atoms with E-state index in [1.165, 1.54) is 12.1 Å². The molecule has 0 aromatic heterocycles. The zero-order chi connectivity index (χ0) is 12.0. The van der Waals surface area contributed by atoms with E-state index in [0.29, 0.717) is 6.42 Å². The largest absolute Gasteiger partial charge is 0.491 e. The fourth-order valence-electron chi connectivity index (χ4n) is 1.14. The molecule has 1 aromatic carbocycles. The molecule has 0 aliphatic rings. The predicted molar refractivity (Wildman–Crippen MR) is 57.8 cm³/mol. The van der Waals surface area contributed by atoms with Gasteiger partial charge in [0.15, 0.2) is 11.5 Å². The number of halogens is 2. The van der Waals surface area contributed by atoms with Gasteiger partial charge in [-0.2, -0.15) is 8.78 Å². The van der Waals surface area contributed by atoms with Crippen molar-refractivity contribution in [2.75, 3.05) is 13.2 Å². The monoisotopic (exact) mass is 228 g/mol. The molecule has 4 heteroatoms. The standard InChI is InChI=1S/C12H14F2O2/c1-3-5-8-16-10-7-6-9(15-4-2)11(13)12(10)14/h3,6-7H,1,4-5,8H2,2H3. The minimum atomic E-state index is -1.02. The first-order chi connectivity index (χ1) is 7.70. The second kappa shape index (κ2) is 6.10. The molecule has 0 amide bonds. The van der Waals surface area contributed by atoms with Gasteiger partial charge in [0.05, 0.1) is 13.2 Å². The molecular weight excluding hydrogens is 214 g/mol. The lowest BCUT2D eigenvalue weighted by Gasteiger charge is -2.09. The van der Waals surface area contributed by atoms with Crippen molar-refractivity contribution in [2.24, 2.45) is 0 Å². The highest BCUT2D eigenvalue weighted by molar-refractivity contribution is 5.34. The van der Waals surface area contributed by atoms with E-state index in [4.69, 9.17) is 9.47 Å². The highest BCUT2D eigenvalue weighted by Gasteiger charge is 2.14. The Kier molecular flexibility index (Phi) is 4.76. The Hall–Kier alpha value is -1.58. The van der Waals surface area contributed by atoms with Gasteiger partial charge in [0.2, 0.25) is 11.6 Å². The Morgan fingerprint density at radius 1 is 1.19 bits per heavy atom. The Morgan fingerprint density at radius 3 is 2.25 bits per heavy atom. The van der Waals surface area contributed by atoms with Crippen LogP contribution in [0.25, 0.3) is 0 Å². The van der Waals surface area contributed by atoms with Crippen LogP contribution in [0.3, 0.4) is 0 Å². The maximum absolute atomic E-state index is 13.4. The van der Waals surface area contributed by atoms with E-state index in [1.54, 1.807) is 13.0 Å². The van der Waals surface area contributed by atoms with E-state index in [-0.39, 0.29) is 24.7 Å². The van der Waals surface area contributed by atoms with E-state index >= 15 is 0 Å². The lowest BCUT2D eigenvalue weighted by molar-refractivity contribution is 0.285. The quantitative estimate of drug-likeness (QED) is 0.549. The van der Waals surface area contributed by atoms with Crippen molar-refractivity contribution in [3.8, 4) is 11.5 Å². The Balaban J connectivity index is 2.80. The van der Waals surface area contributed by atoms with E-state index in [0.717, 1.165) is 0 Å². The fourth-order valence-corrected chi connectivity index (χ4v) is 1.14. The normalized spacial score (nSPS) is 9.94. The van der Waals surface area contributed by atoms with Crippen molar-refractivity contribution >= 4 is 0 Å². The van der Waals surface area contributed by atoms with Gasteiger partial charge in [-0.3, -0.25) is 0 Å². The molecule has 0 atom stereocenters. The summed E-state index contributed by atoms with van der Waals surface area (Å²) in [4.78, 5) is 0. The average molecular weight is 228 g/mol. The molecule has 0 spiro atoms. The molecule has 0 saturated carbocycles. The smallest absolute Gasteiger partial charge is 0.204 e. The van der Waals surface area contributed by atoms with Gasteiger partial charge in [-0.15, -0.1) is 6.58 Å². The molecule has 0 fully saturated rings. The van der Waals surface area contributed by atoms with Crippen LogP contribution in [-0.2, 0) is 0 Å². The summed E-state index contributed by atoms with van der Waals surface area (Å²) in [6, 6.07) is 2.71. The molecule has 0 saturated heterocycles. The molecule has 1 aromatic rings. The van der Waals surface area contributed by atoms with Crippen LogP contribution in [0.1, 0.15) is 13.3 Å². The summed E-state index contributed by atoms with van der Waals surface area (Å²) in [5.74, 6) is -2.24. The van der Waals surface area contributed by atoms with Gasteiger partial charge in [-0.25, -0.2) is 0 Å². The summed E-state index contributed by atoms with van der Waals surface area (Å²) in [7, 11) is 0. The van der Waals surface area contributed by atoms with Crippen LogP contribution in [0.15, 0.2) is 24.8 Å². The van der Waals surface area contributed by atoms with Crippen LogP contribution in [0.4, 0.5) is 8.78 Å². The molecule has 2 nitrogen and oxygen atoms in total. The van der Waals surface area contributed by atoms with E-state index in [1.807, 2.05) is 0 Å². The van der Waals surface area contributed by atoms with Crippen LogP contribution < -0.4 is 9.47 Å². The molecule has 0 N–H and O–H groups in total. The second-order valence-corrected chi connectivity index (χ2v) is 3.05. The van der Waals surface area contributed by atoms with Crippen LogP contribution in [0, 0.1) is 11.6 Å². The minimum Gasteiger partial charge on any atom is -0.491 e. The number of hydrogen-bond acceptors (Lipinski definition) is 2. The predicted octanol–water partition coefficient (Wildman–Crippen LogP) is 3.32. The van der Waals surface area contributed by atoms with Gasteiger partial charge in [-0.1, -0.05) is 6.08 Å². The first-order valence-electron chi connectivity index (χ1n) is 5.05. The molecule has 16 heavy (non-hydrogen) atoms. The summed E-state index contributed by atoms with van der Waals surface area (Å²) in [6.07, 6.45) is 2.22. The van der Waals surface area contributed by atoms with Crippen LogP contribution >= 0.6 is 0 Å². The van der Waals surface area contributed by atoms with Crippen molar-refractivity contribution in [3.05, 3.63) is 36.4 Å². The number of hydrogen-bond donors (Lipinski definition) is 0. The van der Waals surface area contributed by atoms with Gasteiger partial charge in [0, 0.05) is 0 Å². The van der Waals surface area contributed by atoms with Crippen LogP contribution in [-0.4, -0.2) is 13.2 Å². The lowest BCUT2D eigenvalue weighted by Crippen LogP contribution is -2.02. The third-order valence-electron chi connectivity index (χ3n) is 1.89. The molecular formula is C12H14F2O2. The summed E-state index contributed by atoms with van der Waals surface area (Å²) >= 11 is 0. The highest BCUT2D eigenvalue weighted by Crippen LogP contribution is 2.27. The first-order valence-corrected chi connectivity index (χ1v) is 5.05. The van der Waals surface area contributed by atoms with E-state index < -0.39 is 11.6 Å². The topological polar surface area (TPSA) is 18.5 Å². The van der Waals surface area contributed by atoms with Crippen LogP contribution in [0.2, 0.25) is 0 Å². The molecule has 0 aliphatic carbocycles. The van der Waals surface area contributed by atoms with E-state index in [9.17, 15) is 8.78 Å². The third kappa shape index (κ3) is 2.95. The van der Waals surface area contributed by atoms with E-state index in [2.05, 4.69) is 6.58 Å². The summed E-state index contributed by atoms with van der Waals surface area (Å²) in [5.41, 5.74) is 0. The van der Waals surface area contributed by atoms with Gasteiger partial charge in [0.1, 0.15) is 0 Å². The molecule has 0 heterocycles. The average Bonchev–Trinajstić information content (AvgIpc) is 2.28. The molecule has 0 radical (unpaired) electrons. The number of benzene rings is 1. The third-order valence-corrected chi connectivity index (χ3v) is 1.89. The first kappa shape index (κ1) is 12.5. The van der Waals surface area contributed by atoms with Crippen molar-refractivity contribution < 1.29 is 18.3 Å². The summed E-state index contributed by atoms with van der Waals surface area (Å²) in [6.45, 7) is 5.76. The second-order valence-electron chi connectivity index (χ2n) is 3.05. The Bertz CT molecular complexity index is 364.